The molecule has 0 fully saturated rings. The van der Waals surface area contributed by atoms with Gasteiger partial charge in [0.1, 0.15) is 0 Å². The molecule has 104 valence electrons. The number of hydrogen-bond acceptors (Lipinski definition) is 2. The topological polar surface area (TPSA) is 41.1 Å². The summed E-state index contributed by atoms with van der Waals surface area (Å²) in [4.78, 5) is 12.1. The first kappa shape index (κ1) is 14.8. The third kappa shape index (κ3) is 4.18. The number of amides is 1. The van der Waals surface area contributed by atoms with E-state index in [0.717, 1.165) is 27.8 Å². The number of nitrogens with one attached hydrogen (secondary N) is 2. The van der Waals surface area contributed by atoms with Gasteiger partial charge in [0.2, 0.25) is 5.91 Å². The first-order valence-electron chi connectivity index (χ1n) is 6.46. The quantitative estimate of drug-likeness (QED) is 0.881. The summed E-state index contributed by atoms with van der Waals surface area (Å²) in [6, 6.07) is 15.6. The third-order valence-electron chi connectivity index (χ3n) is 2.94. The van der Waals surface area contributed by atoms with Gasteiger partial charge in [-0.1, -0.05) is 46.3 Å². The Morgan fingerprint density at radius 2 is 1.80 bits per heavy atom. The van der Waals surface area contributed by atoms with Crippen molar-refractivity contribution in [2.75, 3.05) is 12.4 Å². The molecule has 0 aliphatic heterocycles. The predicted molar refractivity (Wildman–Crippen MR) is 85.7 cm³/mol. The molecule has 0 unspecified atom stereocenters. The summed E-state index contributed by atoms with van der Waals surface area (Å²) >= 11 is 3.38. The van der Waals surface area contributed by atoms with E-state index >= 15 is 0 Å². The maximum Gasteiger partial charge on any atom is 0.228 e. The second-order valence-corrected chi connectivity index (χ2v) is 5.45. The number of halogens is 1. The van der Waals surface area contributed by atoms with E-state index in [0.29, 0.717) is 6.42 Å². The molecule has 0 saturated carbocycles. The van der Waals surface area contributed by atoms with Crippen LogP contribution >= 0.6 is 15.9 Å². The first-order chi connectivity index (χ1) is 9.69. The summed E-state index contributed by atoms with van der Waals surface area (Å²) in [5, 5.41) is 6.06. The van der Waals surface area contributed by atoms with Gasteiger partial charge in [0.25, 0.3) is 0 Å². The van der Waals surface area contributed by atoms with Crippen LogP contribution in [-0.2, 0) is 17.8 Å². The highest BCUT2D eigenvalue weighted by molar-refractivity contribution is 9.10. The predicted octanol–water partition coefficient (Wildman–Crippen LogP) is 3.35. The van der Waals surface area contributed by atoms with Crippen LogP contribution < -0.4 is 10.6 Å². The van der Waals surface area contributed by atoms with Crippen LogP contribution in [0, 0.1) is 0 Å². The van der Waals surface area contributed by atoms with Crippen molar-refractivity contribution in [2.45, 2.75) is 13.0 Å². The Bertz CT molecular complexity index is 581. The van der Waals surface area contributed by atoms with Crippen LogP contribution in [0.15, 0.2) is 53.0 Å². The number of carbonyl (C=O) groups is 1. The normalized spacial score (nSPS) is 10.3. The molecule has 2 N–H and O–H groups in total. The zero-order chi connectivity index (χ0) is 14.4. The van der Waals surface area contributed by atoms with Crippen molar-refractivity contribution in [3.05, 3.63) is 64.1 Å². The second-order valence-electron chi connectivity index (χ2n) is 4.54. The Morgan fingerprint density at radius 3 is 2.50 bits per heavy atom. The van der Waals surface area contributed by atoms with Gasteiger partial charge in [-0.05, 0) is 36.4 Å². The molecule has 0 radical (unpaired) electrons. The molecule has 0 aliphatic rings. The molecule has 3 nitrogen and oxygen atoms in total. The van der Waals surface area contributed by atoms with E-state index in [-0.39, 0.29) is 5.91 Å². The van der Waals surface area contributed by atoms with Crippen molar-refractivity contribution in [2.24, 2.45) is 0 Å². The minimum Gasteiger partial charge on any atom is -0.325 e. The Kier molecular flexibility index (Phi) is 5.32. The molecule has 0 spiro atoms. The molecule has 0 saturated heterocycles. The third-order valence-corrected chi connectivity index (χ3v) is 3.47. The zero-order valence-corrected chi connectivity index (χ0v) is 12.9. The lowest BCUT2D eigenvalue weighted by Crippen LogP contribution is -2.17. The molecule has 4 heteroatoms. The van der Waals surface area contributed by atoms with E-state index in [1.54, 1.807) is 0 Å². The SMILES string of the molecule is CNCc1ccccc1NC(=O)Cc1ccc(Br)cc1. The molecular formula is C16H17BrN2O. The highest BCUT2D eigenvalue weighted by atomic mass is 79.9. The minimum atomic E-state index is -0.00382. The Balaban J connectivity index is 2.02. The molecule has 1 amide bonds. The molecule has 20 heavy (non-hydrogen) atoms. The maximum absolute atomic E-state index is 12.1. The number of anilines is 1. The largest absolute Gasteiger partial charge is 0.325 e. The van der Waals surface area contributed by atoms with Crippen LogP contribution in [0.2, 0.25) is 0 Å². The van der Waals surface area contributed by atoms with E-state index in [4.69, 9.17) is 0 Å². The van der Waals surface area contributed by atoms with Gasteiger partial charge in [-0.3, -0.25) is 4.79 Å². The van der Waals surface area contributed by atoms with E-state index < -0.39 is 0 Å². The second kappa shape index (κ2) is 7.22. The molecule has 2 aromatic rings. The van der Waals surface area contributed by atoms with Crippen LogP contribution in [0.5, 0.6) is 0 Å². The van der Waals surface area contributed by atoms with Gasteiger partial charge in [-0.25, -0.2) is 0 Å². The molecule has 0 aromatic heterocycles. The molecular weight excluding hydrogens is 316 g/mol. The molecule has 0 aliphatic carbocycles. The Labute approximate surface area is 127 Å². The lowest BCUT2D eigenvalue weighted by atomic mass is 10.1. The van der Waals surface area contributed by atoms with Gasteiger partial charge < -0.3 is 10.6 Å². The van der Waals surface area contributed by atoms with Gasteiger partial charge in [-0.2, -0.15) is 0 Å². The Hall–Kier alpha value is -1.65. The van der Waals surface area contributed by atoms with E-state index in [1.165, 1.54) is 0 Å². The number of benzene rings is 2. The minimum absolute atomic E-state index is 0.00382. The highest BCUT2D eigenvalue weighted by Gasteiger charge is 2.07. The van der Waals surface area contributed by atoms with Crippen molar-refractivity contribution < 1.29 is 4.79 Å². The summed E-state index contributed by atoms with van der Waals surface area (Å²) < 4.78 is 1.01. The van der Waals surface area contributed by atoms with Crippen LogP contribution in [0.1, 0.15) is 11.1 Å². The molecule has 0 bridgehead atoms. The van der Waals surface area contributed by atoms with Crippen LogP contribution in [-0.4, -0.2) is 13.0 Å². The summed E-state index contributed by atoms with van der Waals surface area (Å²) in [6.45, 7) is 0.731. The van der Waals surface area contributed by atoms with Crippen molar-refractivity contribution in [1.82, 2.24) is 5.32 Å². The zero-order valence-electron chi connectivity index (χ0n) is 11.3. The average molecular weight is 333 g/mol. The van der Waals surface area contributed by atoms with Gasteiger partial charge >= 0.3 is 0 Å². The van der Waals surface area contributed by atoms with E-state index in [1.807, 2.05) is 55.6 Å². The number of carbonyl (C=O) groups excluding carboxylic acids is 1. The number of rotatable bonds is 5. The fourth-order valence-electron chi connectivity index (χ4n) is 1.97. The van der Waals surface area contributed by atoms with Gasteiger partial charge in [-0.15, -0.1) is 0 Å². The average Bonchev–Trinajstić information content (AvgIpc) is 2.44. The van der Waals surface area contributed by atoms with Crippen molar-refractivity contribution in [3.8, 4) is 0 Å². The molecule has 0 atom stereocenters. The first-order valence-corrected chi connectivity index (χ1v) is 7.25. The monoisotopic (exact) mass is 332 g/mol. The smallest absolute Gasteiger partial charge is 0.228 e. The molecule has 0 heterocycles. The van der Waals surface area contributed by atoms with Crippen LogP contribution in [0.25, 0.3) is 0 Å². The maximum atomic E-state index is 12.1. The van der Waals surface area contributed by atoms with Gasteiger partial charge in [0.05, 0.1) is 6.42 Å². The van der Waals surface area contributed by atoms with Crippen molar-refractivity contribution >= 4 is 27.5 Å². The molecule has 2 rings (SSSR count). The van der Waals surface area contributed by atoms with E-state index in [9.17, 15) is 4.79 Å². The summed E-state index contributed by atoms with van der Waals surface area (Å²) in [7, 11) is 1.89. The lowest BCUT2D eigenvalue weighted by Gasteiger charge is -2.10. The van der Waals surface area contributed by atoms with Crippen LogP contribution in [0.3, 0.4) is 0 Å². The summed E-state index contributed by atoms with van der Waals surface area (Å²) in [5.74, 6) is -0.00382. The highest BCUT2D eigenvalue weighted by Crippen LogP contribution is 2.16. The van der Waals surface area contributed by atoms with Crippen molar-refractivity contribution in [1.29, 1.82) is 0 Å². The fraction of sp³-hybridized carbons (Fsp3) is 0.188. The van der Waals surface area contributed by atoms with Crippen molar-refractivity contribution in [3.63, 3.8) is 0 Å². The number of para-hydroxylation sites is 1. The summed E-state index contributed by atoms with van der Waals surface area (Å²) in [6.07, 6.45) is 0.376. The standard InChI is InChI=1S/C16H17BrN2O/c1-18-11-13-4-2-3-5-15(13)19-16(20)10-12-6-8-14(17)9-7-12/h2-9,18H,10-11H2,1H3,(H,19,20). The summed E-state index contributed by atoms with van der Waals surface area (Å²) in [5.41, 5.74) is 2.94. The van der Waals surface area contributed by atoms with Gasteiger partial charge in [0, 0.05) is 16.7 Å². The lowest BCUT2D eigenvalue weighted by molar-refractivity contribution is -0.115. The fourth-order valence-corrected chi connectivity index (χ4v) is 2.23. The Morgan fingerprint density at radius 1 is 1.10 bits per heavy atom. The van der Waals surface area contributed by atoms with Crippen LogP contribution in [0.4, 0.5) is 5.69 Å². The van der Waals surface area contributed by atoms with E-state index in [2.05, 4.69) is 26.6 Å². The van der Waals surface area contributed by atoms with Gasteiger partial charge in [0.15, 0.2) is 0 Å². The number of hydrogen-bond donors (Lipinski definition) is 2. The molecule has 2 aromatic carbocycles.